The maximum atomic E-state index is 14.1. The number of nitrogens with one attached hydrogen (secondary N) is 3. The third kappa shape index (κ3) is 4.43. The maximum Gasteiger partial charge on any atom is 0.201 e. The minimum Gasteiger partial charge on any atom is -0.506 e. The van der Waals surface area contributed by atoms with Crippen molar-refractivity contribution in [2.24, 2.45) is 0 Å². The van der Waals surface area contributed by atoms with E-state index in [1.165, 1.54) is 0 Å². The fourth-order valence-corrected chi connectivity index (χ4v) is 7.86. The molecular weight excluding hydrogens is 558 g/mol. The number of Topliss-reactive ketones (excluding diaryl/α,β-unsaturated/α-hetero) is 1. The first-order valence-corrected chi connectivity index (χ1v) is 16.2. The number of fused-ring (bicyclic) bond motifs is 1. The van der Waals surface area contributed by atoms with Crippen LogP contribution in [0.3, 0.4) is 0 Å². The van der Waals surface area contributed by atoms with E-state index in [0.29, 0.717) is 16.4 Å². The highest BCUT2D eigenvalue weighted by Crippen LogP contribution is 2.48. The van der Waals surface area contributed by atoms with Gasteiger partial charge in [-0.25, -0.2) is 0 Å². The summed E-state index contributed by atoms with van der Waals surface area (Å²) in [7, 11) is 4.32. The van der Waals surface area contributed by atoms with Gasteiger partial charge in [0.2, 0.25) is 5.78 Å². The molecule has 8 rings (SSSR count). The van der Waals surface area contributed by atoms with Gasteiger partial charge in [-0.15, -0.1) is 0 Å². The third-order valence-corrected chi connectivity index (χ3v) is 10.8. The molecule has 7 nitrogen and oxygen atoms in total. The van der Waals surface area contributed by atoms with Crippen LogP contribution in [0.15, 0.2) is 66.4 Å². The number of piperidine rings is 2. The van der Waals surface area contributed by atoms with Crippen LogP contribution >= 0.6 is 0 Å². The number of ketones is 1. The van der Waals surface area contributed by atoms with Gasteiger partial charge in [0.15, 0.2) is 0 Å². The van der Waals surface area contributed by atoms with Crippen molar-refractivity contribution >= 4 is 62.1 Å². The van der Waals surface area contributed by atoms with Crippen molar-refractivity contribution in [3.63, 3.8) is 0 Å². The van der Waals surface area contributed by atoms with Crippen molar-refractivity contribution in [1.29, 1.82) is 0 Å². The van der Waals surface area contributed by atoms with Gasteiger partial charge in [-0.05, 0) is 67.2 Å². The molecule has 2 saturated heterocycles. The van der Waals surface area contributed by atoms with Gasteiger partial charge in [-0.2, -0.15) is 0 Å². The first-order chi connectivity index (χ1) is 21.7. The molecule has 4 aliphatic rings. The molecule has 4 N–H and O–H groups in total. The van der Waals surface area contributed by atoms with E-state index < -0.39 is 0 Å². The predicted octanol–water partition coefficient (Wildman–Crippen LogP) is 5.26. The Labute approximate surface area is 263 Å². The van der Waals surface area contributed by atoms with E-state index in [-0.39, 0.29) is 22.7 Å². The Hall–Kier alpha value is -4.33. The average Bonchev–Trinajstić information content (AvgIpc) is 3.03. The van der Waals surface area contributed by atoms with E-state index in [1.54, 1.807) is 0 Å². The molecule has 4 aromatic rings. The zero-order valence-electron chi connectivity index (χ0n) is 26.4. The summed E-state index contributed by atoms with van der Waals surface area (Å²) in [4.78, 5) is 18.8. The molecule has 2 fully saturated rings. The number of carbonyl (C=O) groups excluding carboxylic acids is 1. The second-order valence-electron chi connectivity index (χ2n) is 13.9. The average molecular weight is 600 g/mol. The van der Waals surface area contributed by atoms with Crippen molar-refractivity contribution < 1.29 is 9.90 Å². The fraction of sp³-hybridized carbons (Fsp3) is 0.342. The van der Waals surface area contributed by atoms with Crippen LogP contribution in [0.5, 0.6) is 0 Å². The topological polar surface area (TPSA) is 79.9 Å². The lowest BCUT2D eigenvalue weighted by Crippen LogP contribution is -2.55. The molecule has 4 aromatic carbocycles. The lowest BCUT2D eigenvalue weighted by atomic mass is 9.79. The minimum absolute atomic E-state index is 0.0266. The van der Waals surface area contributed by atoms with Crippen LogP contribution in [0.25, 0.3) is 39.3 Å². The number of allylic oxidation sites excluding steroid dienone is 2. The number of nitrogens with zero attached hydrogens (tertiary/aromatic N) is 2. The standard InChI is InChI=1S/C38H41N5O2/c1-23-26(13-11-24-7-5-9-28(30(23)24)39-37(2)15-19-42(3)20-16-37)32-35(44)33(36(32)45)27-14-12-25-8-6-10-29-31(25)34(27)41-38(40-29)17-21-43(4)22-18-38/h5-14,39-41,44H,1,15-22H2,2-4H3/b32-26-. The van der Waals surface area contributed by atoms with Gasteiger partial charge < -0.3 is 30.9 Å². The molecule has 3 heterocycles. The lowest BCUT2D eigenvalue weighted by molar-refractivity contribution is -0.109. The van der Waals surface area contributed by atoms with Crippen LogP contribution in [0.2, 0.25) is 0 Å². The highest BCUT2D eigenvalue weighted by molar-refractivity contribution is 6.52. The molecule has 1 spiro atoms. The number of rotatable bonds is 3. The van der Waals surface area contributed by atoms with Crippen LogP contribution in [-0.4, -0.2) is 72.2 Å². The van der Waals surface area contributed by atoms with E-state index in [4.69, 9.17) is 0 Å². The summed E-state index contributed by atoms with van der Waals surface area (Å²) >= 11 is 0. The van der Waals surface area contributed by atoms with Crippen molar-refractivity contribution in [2.75, 3.05) is 56.2 Å². The maximum absolute atomic E-state index is 14.1. The number of hydrogen-bond acceptors (Lipinski definition) is 7. The van der Waals surface area contributed by atoms with Gasteiger partial charge in [0.25, 0.3) is 0 Å². The second-order valence-corrected chi connectivity index (χ2v) is 13.9. The molecule has 3 aliphatic heterocycles. The van der Waals surface area contributed by atoms with E-state index >= 15 is 0 Å². The summed E-state index contributed by atoms with van der Waals surface area (Å²) < 4.78 is 0. The lowest BCUT2D eigenvalue weighted by Gasteiger charge is -2.46. The van der Waals surface area contributed by atoms with E-state index in [2.05, 4.69) is 89.7 Å². The highest BCUT2D eigenvalue weighted by atomic mass is 16.3. The largest absolute Gasteiger partial charge is 0.506 e. The molecule has 1 aliphatic carbocycles. The second kappa shape index (κ2) is 10.1. The van der Waals surface area contributed by atoms with Crippen molar-refractivity contribution in [3.8, 4) is 0 Å². The molecule has 0 atom stereocenters. The zero-order chi connectivity index (χ0) is 31.1. The Morgan fingerprint density at radius 1 is 0.800 bits per heavy atom. The minimum atomic E-state index is -0.300. The van der Waals surface area contributed by atoms with Crippen LogP contribution < -0.4 is 26.4 Å². The first kappa shape index (κ1) is 28.2. The SMILES string of the molecule is C=c1/c(=C2\C(=O)C(c3ccc4cccc5c4c3NC3(CCN(C)CC3)N5)=C2O)ccc2cccc(NC3(C)CCN(C)CC3)c12. The molecular formula is C38H41N5O2. The monoisotopic (exact) mass is 599 g/mol. The van der Waals surface area contributed by atoms with E-state index in [1.807, 2.05) is 24.3 Å². The molecule has 0 amide bonds. The molecule has 0 saturated carbocycles. The Balaban J connectivity index is 1.25. The number of anilines is 3. The number of aliphatic hydroxyl groups excluding tert-OH is 1. The number of hydrogen-bond donors (Lipinski definition) is 4. The van der Waals surface area contributed by atoms with Crippen molar-refractivity contribution in [3.05, 3.63) is 82.4 Å². The van der Waals surface area contributed by atoms with Crippen LogP contribution in [0.4, 0.5) is 17.1 Å². The first-order valence-electron chi connectivity index (χ1n) is 16.2. The van der Waals surface area contributed by atoms with Crippen LogP contribution in [-0.2, 0) is 4.79 Å². The molecule has 230 valence electrons. The predicted molar refractivity (Wildman–Crippen MR) is 186 cm³/mol. The molecule has 7 heteroatoms. The summed E-state index contributed by atoms with van der Waals surface area (Å²) in [5.74, 6) is -0.0990. The molecule has 45 heavy (non-hydrogen) atoms. The molecule has 0 aromatic heterocycles. The van der Waals surface area contributed by atoms with Gasteiger partial charge in [0.05, 0.1) is 16.8 Å². The number of benzene rings is 4. The fourth-order valence-electron chi connectivity index (χ4n) is 7.86. The number of likely N-dealkylation sites (tertiary alicyclic amines) is 2. The Bertz CT molecular complexity index is 2050. The van der Waals surface area contributed by atoms with Gasteiger partial charge >= 0.3 is 0 Å². The quantitative estimate of drug-likeness (QED) is 0.256. The van der Waals surface area contributed by atoms with Crippen molar-refractivity contribution in [1.82, 2.24) is 9.80 Å². The third-order valence-electron chi connectivity index (χ3n) is 10.8. The summed E-state index contributed by atoms with van der Waals surface area (Å²) in [6.45, 7) is 10.8. The Morgan fingerprint density at radius 3 is 2.16 bits per heavy atom. The number of carbonyl (C=O) groups is 1. The van der Waals surface area contributed by atoms with Gasteiger partial charge in [-0.3, -0.25) is 4.79 Å². The summed E-state index contributed by atoms with van der Waals surface area (Å²) in [6, 6.07) is 20.5. The number of aliphatic hydroxyl groups is 1. The smallest absolute Gasteiger partial charge is 0.201 e. The highest BCUT2D eigenvalue weighted by Gasteiger charge is 2.42. The summed E-state index contributed by atoms with van der Waals surface area (Å²) in [5, 5.41) is 28.8. The molecule has 0 unspecified atom stereocenters. The van der Waals surface area contributed by atoms with E-state index in [0.717, 1.165) is 101 Å². The van der Waals surface area contributed by atoms with Gasteiger partial charge in [0, 0.05) is 72.3 Å². The zero-order valence-corrected chi connectivity index (χ0v) is 26.4. The van der Waals surface area contributed by atoms with Crippen LogP contribution in [0, 0.1) is 0 Å². The van der Waals surface area contributed by atoms with Crippen LogP contribution in [0.1, 0.15) is 38.2 Å². The Morgan fingerprint density at radius 2 is 1.44 bits per heavy atom. The van der Waals surface area contributed by atoms with Gasteiger partial charge in [0.1, 0.15) is 11.4 Å². The van der Waals surface area contributed by atoms with Gasteiger partial charge in [-0.1, -0.05) is 55.1 Å². The molecule has 0 bridgehead atoms. The normalized spacial score (nSPS) is 22.3. The summed E-state index contributed by atoms with van der Waals surface area (Å²) in [5.41, 5.74) is 4.16. The van der Waals surface area contributed by atoms with Crippen molar-refractivity contribution in [2.45, 2.75) is 43.8 Å². The Kier molecular flexibility index (Phi) is 6.32. The summed E-state index contributed by atoms with van der Waals surface area (Å²) in [6.07, 6.45) is 3.95. The van der Waals surface area contributed by atoms with E-state index in [9.17, 15) is 9.90 Å². The molecule has 0 radical (unpaired) electrons.